The van der Waals surface area contributed by atoms with E-state index in [9.17, 15) is 28.8 Å². The summed E-state index contributed by atoms with van der Waals surface area (Å²) >= 11 is 4.02. The van der Waals surface area contributed by atoms with Gasteiger partial charge < -0.3 is 43.4 Å². The van der Waals surface area contributed by atoms with Crippen molar-refractivity contribution in [3.63, 3.8) is 0 Å². The van der Waals surface area contributed by atoms with Crippen molar-refractivity contribution in [1.82, 2.24) is 15.0 Å². The first kappa shape index (κ1) is 46.2. The number of carbonyl (C=O) groups is 6. The molecule has 0 atom stereocenters. The number of carboxylic acids is 2. The van der Waals surface area contributed by atoms with Crippen molar-refractivity contribution in [1.29, 1.82) is 0 Å². The Morgan fingerprint density at radius 1 is 0.550 bits per heavy atom. The number of carboxylic acid groups (broad SMARTS) is 2. The molecule has 0 radical (unpaired) electrons. The summed E-state index contributed by atoms with van der Waals surface area (Å²) in [4.78, 5) is 77.3. The summed E-state index contributed by atoms with van der Waals surface area (Å²) in [6.07, 6.45) is 0.0350. The highest BCUT2D eigenvalue weighted by molar-refractivity contribution is 7.20. The molecule has 3 aromatic carbocycles. The highest BCUT2D eigenvalue weighted by Crippen LogP contribution is 2.37. The van der Waals surface area contributed by atoms with Crippen LogP contribution in [0.2, 0.25) is 0 Å². The Morgan fingerprint density at radius 2 is 0.900 bits per heavy atom. The fraction of sp³-hybridized carbons (Fsp3) is 0.308. The summed E-state index contributed by atoms with van der Waals surface area (Å²) in [5, 5.41) is 17.8. The molecule has 2 N–H and O–H groups in total. The standard InChI is InChI=1S/2C13H13NO5S.C9H9NO2S.C4H4O3/c2*1-18-9-5-7-11(6-10(9)19-2)20-13(14-7)8(15)3-4-12(16)17;1-11-7-3-6-9(13-5-10-6)4-8(7)12-2;5-3-1-2-4(6)7-3/h2*5-6H,3-4H2,1-2H3,(H,16,17);3-5H,1-2H3;1-2H2. The normalized spacial score (nSPS) is 11.6. The van der Waals surface area contributed by atoms with Gasteiger partial charge in [0.25, 0.3) is 0 Å². The summed E-state index contributed by atoms with van der Waals surface area (Å²) < 4.78 is 37.8. The Bertz CT molecular complexity index is 2260. The van der Waals surface area contributed by atoms with E-state index >= 15 is 0 Å². The Kier molecular flexibility index (Phi) is 17.0. The molecule has 6 aromatic rings. The lowest BCUT2D eigenvalue weighted by Gasteiger charge is -2.05. The number of esters is 2. The van der Waals surface area contributed by atoms with Crippen LogP contribution in [0.4, 0.5) is 0 Å². The van der Waals surface area contributed by atoms with Crippen LogP contribution in [0.15, 0.2) is 41.9 Å². The first-order valence-electron chi connectivity index (χ1n) is 17.5. The third kappa shape index (κ3) is 12.5. The van der Waals surface area contributed by atoms with Gasteiger partial charge >= 0.3 is 23.9 Å². The summed E-state index contributed by atoms with van der Waals surface area (Å²) in [5.41, 5.74) is 4.02. The molecule has 4 heterocycles. The van der Waals surface area contributed by atoms with E-state index in [0.717, 1.165) is 31.1 Å². The molecule has 0 amide bonds. The van der Waals surface area contributed by atoms with E-state index in [1.54, 1.807) is 49.8 Å². The van der Waals surface area contributed by atoms with Gasteiger partial charge in [0.1, 0.15) is 0 Å². The fourth-order valence-electron chi connectivity index (χ4n) is 5.02. The van der Waals surface area contributed by atoms with Crippen molar-refractivity contribution in [3.05, 3.63) is 51.9 Å². The number of nitrogens with zero attached hydrogens (tertiary/aromatic N) is 3. The Hall–Kier alpha value is -6.45. The van der Waals surface area contributed by atoms with Crippen LogP contribution in [0.1, 0.15) is 58.1 Å². The number of ketones is 2. The van der Waals surface area contributed by atoms with Crippen molar-refractivity contribution >= 4 is 100 Å². The van der Waals surface area contributed by atoms with Gasteiger partial charge in [-0.25, -0.2) is 15.0 Å². The largest absolute Gasteiger partial charge is 0.493 e. The minimum Gasteiger partial charge on any atom is -0.493 e. The zero-order chi connectivity index (χ0) is 43.9. The van der Waals surface area contributed by atoms with Crippen LogP contribution >= 0.6 is 34.0 Å². The molecule has 21 heteroatoms. The van der Waals surface area contributed by atoms with Crippen molar-refractivity contribution in [2.45, 2.75) is 38.5 Å². The van der Waals surface area contributed by atoms with Gasteiger partial charge in [0, 0.05) is 49.2 Å². The molecule has 0 bridgehead atoms. The number of methoxy groups -OCH3 is 6. The number of Topliss-reactive ketones (excluding diaryl/α,β-unsaturated/α-hetero) is 2. The van der Waals surface area contributed by atoms with E-state index in [1.165, 1.54) is 51.1 Å². The number of aliphatic carboxylic acids is 2. The van der Waals surface area contributed by atoms with Crippen LogP contribution in [-0.2, 0) is 23.9 Å². The van der Waals surface area contributed by atoms with Crippen LogP contribution in [0.3, 0.4) is 0 Å². The average molecular weight is 886 g/mol. The molecule has 0 aliphatic carbocycles. The molecule has 7 rings (SSSR count). The lowest BCUT2D eigenvalue weighted by molar-refractivity contribution is -0.152. The summed E-state index contributed by atoms with van der Waals surface area (Å²) in [6.45, 7) is 0. The maximum absolute atomic E-state index is 11.8. The number of hydrogen-bond donors (Lipinski definition) is 2. The first-order valence-corrected chi connectivity index (χ1v) is 20.0. The van der Waals surface area contributed by atoms with Crippen molar-refractivity contribution in [3.8, 4) is 34.5 Å². The number of cyclic esters (lactones) is 2. The Balaban J connectivity index is 0.000000186. The van der Waals surface area contributed by atoms with E-state index in [-0.39, 0.29) is 50.1 Å². The maximum atomic E-state index is 11.8. The third-order valence-corrected chi connectivity index (χ3v) is 10.9. The van der Waals surface area contributed by atoms with E-state index in [1.807, 2.05) is 17.6 Å². The molecule has 0 unspecified atom stereocenters. The molecule has 18 nitrogen and oxygen atoms in total. The molecule has 1 aliphatic rings. The van der Waals surface area contributed by atoms with Gasteiger partial charge in [0.15, 0.2) is 56.1 Å². The number of rotatable bonds is 14. The first-order chi connectivity index (χ1) is 28.7. The second-order valence-electron chi connectivity index (χ2n) is 11.9. The van der Waals surface area contributed by atoms with Gasteiger partial charge in [0.2, 0.25) is 0 Å². The van der Waals surface area contributed by atoms with E-state index in [0.29, 0.717) is 44.0 Å². The van der Waals surface area contributed by atoms with Gasteiger partial charge in [-0.1, -0.05) is 0 Å². The number of aromatic nitrogens is 3. The average Bonchev–Trinajstić information content (AvgIpc) is 4.07. The minimum atomic E-state index is -0.997. The SMILES string of the molecule is COc1cc2nc(C(=O)CCC(=O)O)sc2cc1OC.COc1cc2nc(C(=O)CCC(=O)O)sc2cc1OC.COc1cc2ncsc2cc1OC.O=C1CCC(=O)O1. The number of thiazole rings is 3. The summed E-state index contributed by atoms with van der Waals surface area (Å²) in [6, 6.07) is 10.7. The lowest BCUT2D eigenvalue weighted by atomic mass is 10.2. The van der Waals surface area contributed by atoms with E-state index in [2.05, 4.69) is 19.7 Å². The topological polar surface area (TPSA) is 246 Å². The number of fused-ring (bicyclic) bond motifs is 3. The molecular formula is C39H39N3O15S3. The number of hydrogen-bond acceptors (Lipinski definition) is 19. The summed E-state index contributed by atoms with van der Waals surface area (Å²) in [7, 11) is 9.36. The molecular weight excluding hydrogens is 847 g/mol. The summed E-state index contributed by atoms with van der Waals surface area (Å²) in [5.74, 6) is 0.338. The second kappa shape index (κ2) is 22.1. The van der Waals surface area contributed by atoms with Crippen molar-refractivity contribution in [2.24, 2.45) is 0 Å². The molecule has 0 saturated carbocycles. The zero-order valence-electron chi connectivity index (χ0n) is 33.1. The molecule has 0 spiro atoms. The number of benzene rings is 3. The van der Waals surface area contributed by atoms with Gasteiger partial charge in [-0.2, -0.15) is 0 Å². The van der Waals surface area contributed by atoms with Crippen molar-refractivity contribution < 1.29 is 72.1 Å². The molecule has 1 aliphatic heterocycles. The highest BCUT2D eigenvalue weighted by Gasteiger charge is 2.20. The predicted molar refractivity (Wildman–Crippen MR) is 221 cm³/mol. The quantitative estimate of drug-likeness (QED) is 0.0642. The van der Waals surface area contributed by atoms with Crippen LogP contribution in [-0.4, -0.2) is 103 Å². The van der Waals surface area contributed by atoms with Crippen LogP contribution < -0.4 is 28.4 Å². The van der Waals surface area contributed by atoms with E-state index < -0.39 is 23.9 Å². The van der Waals surface area contributed by atoms with Crippen LogP contribution in [0, 0.1) is 0 Å². The predicted octanol–water partition coefficient (Wildman–Crippen LogP) is 6.89. The van der Waals surface area contributed by atoms with Crippen LogP contribution in [0.5, 0.6) is 34.5 Å². The van der Waals surface area contributed by atoms with Gasteiger partial charge in [-0.15, -0.1) is 34.0 Å². The molecule has 1 fully saturated rings. The Morgan fingerprint density at radius 3 is 1.23 bits per heavy atom. The molecule has 3 aromatic heterocycles. The smallest absolute Gasteiger partial charge is 0.314 e. The molecule has 1 saturated heterocycles. The number of ether oxygens (including phenoxy) is 7. The lowest BCUT2D eigenvalue weighted by Crippen LogP contribution is -2.03. The molecule has 60 heavy (non-hydrogen) atoms. The van der Waals surface area contributed by atoms with Gasteiger partial charge in [-0.05, 0) is 0 Å². The van der Waals surface area contributed by atoms with Crippen molar-refractivity contribution in [2.75, 3.05) is 42.7 Å². The molecule has 318 valence electrons. The zero-order valence-corrected chi connectivity index (χ0v) is 35.5. The van der Waals surface area contributed by atoms with E-state index in [4.69, 9.17) is 38.6 Å². The number of carbonyl (C=O) groups excluding carboxylic acids is 4. The maximum Gasteiger partial charge on any atom is 0.314 e. The monoisotopic (exact) mass is 885 g/mol. The fourth-order valence-corrected chi connectivity index (χ4v) is 7.60. The highest BCUT2D eigenvalue weighted by atomic mass is 32.1. The third-order valence-electron chi connectivity index (χ3n) is 7.99. The minimum absolute atomic E-state index is 0.0522. The Labute approximate surface area is 353 Å². The van der Waals surface area contributed by atoms with Gasteiger partial charge in [0.05, 0.1) is 105 Å². The second-order valence-corrected chi connectivity index (χ2v) is 14.8. The van der Waals surface area contributed by atoms with Gasteiger partial charge in [-0.3, -0.25) is 28.8 Å². The van der Waals surface area contributed by atoms with Crippen LogP contribution in [0.25, 0.3) is 30.6 Å².